The summed E-state index contributed by atoms with van der Waals surface area (Å²) in [5, 5.41) is 0. The SMILES string of the molecule is COc1cc(N)ccc1CI. The minimum absolute atomic E-state index is 0.746. The maximum absolute atomic E-state index is 5.58. The van der Waals surface area contributed by atoms with Crippen molar-refractivity contribution in [2.24, 2.45) is 0 Å². The lowest BCUT2D eigenvalue weighted by atomic mass is 10.2. The first-order valence-electron chi connectivity index (χ1n) is 3.26. The number of nitrogen functional groups attached to an aromatic ring is 1. The van der Waals surface area contributed by atoms with Crippen molar-refractivity contribution in [2.75, 3.05) is 12.8 Å². The first-order valence-corrected chi connectivity index (χ1v) is 4.79. The van der Waals surface area contributed by atoms with Crippen molar-refractivity contribution in [1.29, 1.82) is 0 Å². The van der Waals surface area contributed by atoms with Gasteiger partial charge in [-0.05, 0) is 6.07 Å². The smallest absolute Gasteiger partial charge is 0.124 e. The highest BCUT2D eigenvalue weighted by Crippen LogP contribution is 2.23. The molecule has 11 heavy (non-hydrogen) atoms. The van der Waals surface area contributed by atoms with Crippen LogP contribution in [0.3, 0.4) is 0 Å². The van der Waals surface area contributed by atoms with Gasteiger partial charge in [-0.25, -0.2) is 0 Å². The fourth-order valence-corrected chi connectivity index (χ4v) is 1.50. The van der Waals surface area contributed by atoms with E-state index in [4.69, 9.17) is 10.5 Å². The number of rotatable bonds is 2. The molecule has 0 aromatic heterocycles. The molecule has 0 saturated heterocycles. The quantitative estimate of drug-likeness (QED) is 0.504. The van der Waals surface area contributed by atoms with E-state index in [0.29, 0.717) is 0 Å². The van der Waals surface area contributed by atoms with E-state index in [1.165, 1.54) is 5.56 Å². The van der Waals surface area contributed by atoms with Gasteiger partial charge in [0, 0.05) is 21.7 Å². The zero-order chi connectivity index (χ0) is 8.27. The van der Waals surface area contributed by atoms with Crippen molar-refractivity contribution in [3.63, 3.8) is 0 Å². The summed E-state index contributed by atoms with van der Waals surface area (Å²) in [5.41, 5.74) is 7.50. The molecule has 0 fully saturated rings. The monoisotopic (exact) mass is 263 g/mol. The number of hydrogen-bond acceptors (Lipinski definition) is 2. The first-order chi connectivity index (χ1) is 5.27. The Kier molecular flexibility index (Phi) is 2.99. The summed E-state index contributed by atoms with van der Waals surface area (Å²) in [4.78, 5) is 0. The van der Waals surface area contributed by atoms with E-state index in [1.54, 1.807) is 7.11 Å². The molecule has 0 bridgehead atoms. The van der Waals surface area contributed by atoms with Crippen LogP contribution < -0.4 is 10.5 Å². The zero-order valence-corrected chi connectivity index (χ0v) is 8.46. The van der Waals surface area contributed by atoms with Crippen LogP contribution in [-0.2, 0) is 4.43 Å². The summed E-state index contributed by atoms with van der Waals surface area (Å²) < 4.78 is 6.08. The van der Waals surface area contributed by atoms with Crippen molar-refractivity contribution in [3.8, 4) is 5.75 Å². The molecule has 0 aliphatic rings. The third kappa shape index (κ3) is 1.99. The van der Waals surface area contributed by atoms with Crippen LogP contribution >= 0.6 is 22.6 Å². The van der Waals surface area contributed by atoms with Crippen LogP contribution in [0.15, 0.2) is 18.2 Å². The highest BCUT2D eigenvalue weighted by Gasteiger charge is 1.99. The summed E-state index contributed by atoms with van der Waals surface area (Å²) in [6, 6.07) is 5.71. The summed E-state index contributed by atoms with van der Waals surface area (Å²) >= 11 is 2.29. The van der Waals surface area contributed by atoms with Crippen molar-refractivity contribution >= 4 is 28.3 Å². The molecule has 3 heteroatoms. The predicted molar refractivity (Wildman–Crippen MR) is 55.1 cm³/mol. The van der Waals surface area contributed by atoms with Gasteiger partial charge in [0.2, 0.25) is 0 Å². The molecule has 0 unspecified atom stereocenters. The van der Waals surface area contributed by atoms with Crippen LogP contribution in [0.5, 0.6) is 5.75 Å². The first kappa shape index (κ1) is 8.64. The Morgan fingerprint density at radius 2 is 2.27 bits per heavy atom. The molecule has 2 N–H and O–H groups in total. The van der Waals surface area contributed by atoms with Gasteiger partial charge in [0.15, 0.2) is 0 Å². The van der Waals surface area contributed by atoms with E-state index in [9.17, 15) is 0 Å². The number of benzene rings is 1. The Labute approximate surface area is 79.9 Å². The Hall–Kier alpha value is -0.450. The molecule has 60 valence electrons. The summed E-state index contributed by atoms with van der Waals surface area (Å²) in [6.07, 6.45) is 0. The molecule has 0 amide bonds. The lowest BCUT2D eigenvalue weighted by Crippen LogP contribution is -1.91. The van der Waals surface area contributed by atoms with Crippen LogP contribution in [0.2, 0.25) is 0 Å². The summed E-state index contributed by atoms with van der Waals surface area (Å²) in [6.45, 7) is 0. The Morgan fingerprint density at radius 3 is 2.82 bits per heavy atom. The normalized spacial score (nSPS) is 9.64. The van der Waals surface area contributed by atoms with Crippen molar-refractivity contribution < 1.29 is 4.74 Å². The lowest BCUT2D eigenvalue weighted by molar-refractivity contribution is 0.412. The van der Waals surface area contributed by atoms with Gasteiger partial charge in [-0.1, -0.05) is 28.7 Å². The Bertz CT molecular complexity index is 250. The highest BCUT2D eigenvalue weighted by atomic mass is 127. The second-order valence-electron chi connectivity index (χ2n) is 2.20. The van der Waals surface area contributed by atoms with E-state index >= 15 is 0 Å². The number of halogens is 1. The summed E-state index contributed by atoms with van der Waals surface area (Å²) in [5.74, 6) is 0.874. The Balaban J connectivity index is 3.06. The fraction of sp³-hybridized carbons (Fsp3) is 0.250. The summed E-state index contributed by atoms with van der Waals surface area (Å²) in [7, 11) is 1.66. The van der Waals surface area contributed by atoms with Gasteiger partial charge in [-0.15, -0.1) is 0 Å². The average Bonchev–Trinajstić information content (AvgIpc) is 2.04. The molecule has 1 rings (SSSR count). The van der Waals surface area contributed by atoms with E-state index in [1.807, 2.05) is 18.2 Å². The lowest BCUT2D eigenvalue weighted by Gasteiger charge is -2.05. The van der Waals surface area contributed by atoms with Gasteiger partial charge < -0.3 is 10.5 Å². The van der Waals surface area contributed by atoms with Crippen LogP contribution in [-0.4, -0.2) is 7.11 Å². The molecule has 0 aliphatic heterocycles. The van der Waals surface area contributed by atoms with Gasteiger partial charge in [0.25, 0.3) is 0 Å². The van der Waals surface area contributed by atoms with Crippen molar-refractivity contribution in [1.82, 2.24) is 0 Å². The van der Waals surface area contributed by atoms with Crippen LogP contribution in [0.25, 0.3) is 0 Å². The highest BCUT2D eigenvalue weighted by molar-refractivity contribution is 14.1. The van der Waals surface area contributed by atoms with Crippen molar-refractivity contribution in [3.05, 3.63) is 23.8 Å². The number of methoxy groups -OCH3 is 1. The van der Waals surface area contributed by atoms with E-state index in [0.717, 1.165) is 15.9 Å². The number of nitrogens with two attached hydrogens (primary N) is 1. The molecule has 0 heterocycles. The second-order valence-corrected chi connectivity index (χ2v) is 2.97. The third-order valence-electron chi connectivity index (χ3n) is 1.46. The van der Waals surface area contributed by atoms with E-state index < -0.39 is 0 Å². The average molecular weight is 263 g/mol. The molecule has 1 aromatic carbocycles. The number of hydrogen-bond donors (Lipinski definition) is 1. The fourth-order valence-electron chi connectivity index (χ4n) is 0.872. The zero-order valence-electron chi connectivity index (χ0n) is 6.30. The molecule has 0 saturated carbocycles. The number of ether oxygens (including phenoxy) is 1. The molecule has 2 nitrogen and oxygen atoms in total. The molecule has 0 aliphatic carbocycles. The predicted octanol–water partition coefficient (Wildman–Crippen LogP) is 2.21. The van der Waals surface area contributed by atoms with Crippen LogP contribution in [0, 0.1) is 0 Å². The maximum atomic E-state index is 5.58. The number of anilines is 1. The van der Waals surface area contributed by atoms with Gasteiger partial charge in [0.05, 0.1) is 7.11 Å². The maximum Gasteiger partial charge on any atom is 0.124 e. The minimum Gasteiger partial charge on any atom is -0.496 e. The number of alkyl halides is 1. The minimum atomic E-state index is 0.746. The molecule has 0 radical (unpaired) electrons. The van der Waals surface area contributed by atoms with Crippen LogP contribution in [0.4, 0.5) is 5.69 Å². The van der Waals surface area contributed by atoms with E-state index in [2.05, 4.69) is 22.6 Å². The second kappa shape index (κ2) is 3.80. The third-order valence-corrected chi connectivity index (χ3v) is 2.28. The molecular formula is C8H10INO. The van der Waals surface area contributed by atoms with Crippen LogP contribution in [0.1, 0.15) is 5.56 Å². The van der Waals surface area contributed by atoms with Gasteiger partial charge in [0.1, 0.15) is 5.75 Å². The molecule has 0 atom stereocenters. The van der Waals surface area contributed by atoms with Gasteiger partial charge in [-0.3, -0.25) is 0 Å². The van der Waals surface area contributed by atoms with Gasteiger partial charge >= 0.3 is 0 Å². The van der Waals surface area contributed by atoms with Gasteiger partial charge in [-0.2, -0.15) is 0 Å². The molecular weight excluding hydrogens is 253 g/mol. The van der Waals surface area contributed by atoms with E-state index in [-0.39, 0.29) is 0 Å². The van der Waals surface area contributed by atoms with Crippen molar-refractivity contribution in [2.45, 2.75) is 4.43 Å². The molecule has 1 aromatic rings. The molecule has 0 spiro atoms. The standard InChI is InChI=1S/C8H10INO/c1-11-8-4-7(10)3-2-6(8)5-9/h2-4H,5,10H2,1H3. The topological polar surface area (TPSA) is 35.2 Å². The largest absolute Gasteiger partial charge is 0.496 e. The Morgan fingerprint density at radius 1 is 1.55 bits per heavy atom.